The highest BCUT2D eigenvalue weighted by atomic mass is 16.6. The van der Waals surface area contributed by atoms with Gasteiger partial charge in [0.2, 0.25) is 0 Å². The Morgan fingerprint density at radius 1 is 0.719 bits per heavy atom. The number of hydrogen-bond donors (Lipinski definition) is 2. The van der Waals surface area contributed by atoms with E-state index in [0.29, 0.717) is 24.7 Å². The maximum Gasteiger partial charge on any atom is 0.306 e. The van der Waals surface area contributed by atoms with E-state index in [1.54, 1.807) is 0 Å². The van der Waals surface area contributed by atoms with Crippen molar-refractivity contribution in [2.75, 3.05) is 26.2 Å². The fourth-order valence-corrected chi connectivity index (χ4v) is 6.19. The van der Waals surface area contributed by atoms with Gasteiger partial charge >= 0.3 is 11.9 Å². The molecule has 2 heterocycles. The first-order chi connectivity index (χ1) is 15.1. The number of esters is 2. The Morgan fingerprint density at radius 3 is 1.47 bits per heavy atom. The van der Waals surface area contributed by atoms with Gasteiger partial charge in [0.25, 0.3) is 0 Å². The summed E-state index contributed by atoms with van der Waals surface area (Å²) in [6.07, 6.45) is 9.88. The third-order valence-electron chi connectivity index (χ3n) is 8.35. The molecule has 0 radical (unpaired) electrons. The molecule has 0 spiro atoms. The van der Waals surface area contributed by atoms with Crippen LogP contribution in [0.1, 0.15) is 98.3 Å². The van der Waals surface area contributed by atoms with Crippen molar-refractivity contribution < 1.29 is 19.1 Å². The summed E-state index contributed by atoms with van der Waals surface area (Å²) in [5.74, 6) is 0.457. The smallest absolute Gasteiger partial charge is 0.306 e. The van der Waals surface area contributed by atoms with Crippen LogP contribution in [0.15, 0.2) is 0 Å². The van der Waals surface area contributed by atoms with Crippen LogP contribution in [-0.2, 0) is 19.1 Å². The first-order valence-electron chi connectivity index (χ1n) is 13.0. The predicted molar refractivity (Wildman–Crippen MR) is 126 cm³/mol. The summed E-state index contributed by atoms with van der Waals surface area (Å²) < 4.78 is 12.1. The van der Waals surface area contributed by atoms with Crippen molar-refractivity contribution in [3.8, 4) is 0 Å². The molecule has 3 aliphatic rings. The summed E-state index contributed by atoms with van der Waals surface area (Å²) in [6, 6.07) is 0. The Kier molecular flexibility index (Phi) is 8.65. The molecule has 6 nitrogen and oxygen atoms in total. The first kappa shape index (κ1) is 25.5. The lowest BCUT2D eigenvalue weighted by Gasteiger charge is -2.41. The molecule has 184 valence electrons. The summed E-state index contributed by atoms with van der Waals surface area (Å²) in [6.45, 7) is 12.1. The Bertz CT molecular complexity index is 580. The number of carbonyl (C=O) groups excluding carboxylic acids is 2. The van der Waals surface area contributed by atoms with Gasteiger partial charge in [-0.05, 0) is 97.8 Å². The maximum atomic E-state index is 13.1. The Hall–Kier alpha value is -1.14. The van der Waals surface area contributed by atoms with Crippen molar-refractivity contribution in [3.63, 3.8) is 0 Å². The predicted octanol–water partition coefficient (Wildman–Crippen LogP) is 4.36. The Labute approximate surface area is 194 Å². The summed E-state index contributed by atoms with van der Waals surface area (Å²) >= 11 is 0. The van der Waals surface area contributed by atoms with E-state index in [0.717, 1.165) is 77.5 Å². The van der Waals surface area contributed by atoms with Gasteiger partial charge in [-0.25, -0.2) is 0 Å². The lowest BCUT2D eigenvalue weighted by atomic mass is 9.69. The van der Waals surface area contributed by atoms with Gasteiger partial charge in [0.1, 0.15) is 11.2 Å². The lowest BCUT2D eigenvalue weighted by molar-refractivity contribution is -0.171. The van der Waals surface area contributed by atoms with Crippen molar-refractivity contribution in [1.82, 2.24) is 10.6 Å². The van der Waals surface area contributed by atoms with E-state index >= 15 is 0 Å². The molecule has 0 amide bonds. The first-order valence-corrected chi connectivity index (χ1v) is 13.0. The second-order valence-electron chi connectivity index (χ2n) is 11.6. The standard InChI is InChI=1S/C26H46N2O4/c1-24(2,20-8-14-27-15-9-20)31-22(29)18-26(12-6-5-7-13-26)19-23(30)32-25(3,4)21-10-16-28-17-11-21/h20-21,27-28H,5-19H2,1-4H3. The van der Waals surface area contributed by atoms with Gasteiger partial charge in [-0.3, -0.25) is 9.59 Å². The molecule has 6 heteroatoms. The number of carbonyl (C=O) groups is 2. The van der Waals surface area contributed by atoms with Gasteiger partial charge in [0.15, 0.2) is 0 Å². The summed E-state index contributed by atoms with van der Waals surface area (Å²) in [4.78, 5) is 26.2. The molecule has 2 N–H and O–H groups in total. The molecule has 0 unspecified atom stereocenters. The molecule has 2 saturated heterocycles. The Morgan fingerprint density at radius 2 is 1.09 bits per heavy atom. The number of rotatable bonds is 8. The molecular weight excluding hydrogens is 404 g/mol. The quantitative estimate of drug-likeness (QED) is 0.535. The van der Waals surface area contributed by atoms with Crippen molar-refractivity contribution in [1.29, 1.82) is 0 Å². The van der Waals surface area contributed by atoms with Crippen molar-refractivity contribution in [2.45, 2.75) is 110 Å². The molecule has 0 aromatic rings. The zero-order chi connectivity index (χ0) is 23.2. The molecule has 0 aromatic carbocycles. The third kappa shape index (κ3) is 6.93. The topological polar surface area (TPSA) is 76.7 Å². The van der Waals surface area contributed by atoms with Crippen molar-refractivity contribution in [3.05, 3.63) is 0 Å². The van der Waals surface area contributed by atoms with E-state index in [1.807, 2.05) is 27.7 Å². The normalized spacial score (nSPS) is 23.5. The molecule has 1 saturated carbocycles. The number of nitrogens with one attached hydrogen (secondary N) is 2. The molecule has 32 heavy (non-hydrogen) atoms. The average Bonchev–Trinajstić information content (AvgIpc) is 2.74. The fraction of sp³-hybridized carbons (Fsp3) is 0.923. The highest BCUT2D eigenvalue weighted by molar-refractivity contribution is 5.75. The van der Waals surface area contributed by atoms with Crippen LogP contribution in [0, 0.1) is 17.3 Å². The van der Waals surface area contributed by atoms with Crippen LogP contribution >= 0.6 is 0 Å². The monoisotopic (exact) mass is 450 g/mol. The van der Waals surface area contributed by atoms with Crippen LogP contribution in [-0.4, -0.2) is 49.3 Å². The van der Waals surface area contributed by atoms with Crippen LogP contribution in [0.2, 0.25) is 0 Å². The summed E-state index contributed by atoms with van der Waals surface area (Å²) in [7, 11) is 0. The molecule has 3 rings (SSSR count). The Balaban J connectivity index is 1.60. The van der Waals surface area contributed by atoms with E-state index < -0.39 is 11.2 Å². The van der Waals surface area contributed by atoms with E-state index in [9.17, 15) is 9.59 Å². The zero-order valence-electron chi connectivity index (χ0n) is 20.9. The summed E-state index contributed by atoms with van der Waals surface area (Å²) in [5, 5.41) is 6.76. The SMILES string of the molecule is CC(C)(OC(=O)CC1(CC(=O)OC(C)(C)C2CCNCC2)CCCCC1)C1CCNCC1. The van der Waals surface area contributed by atoms with Crippen molar-refractivity contribution >= 4 is 11.9 Å². The second-order valence-corrected chi connectivity index (χ2v) is 11.6. The second kappa shape index (κ2) is 10.9. The molecule has 0 aromatic heterocycles. The molecule has 1 aliphatic carbocycles. The zero-order valence-corrected chi connectivity index (χ0v) is 20.9. The van der Waals surface area contributed by atoms with Gasteiger partial charge in [-0.15, -0.1) is 0 Å². The third-order valence-corrected chi connectivity index (χ3v) is 8.35. The highest BCUT2D eigenvalue weighted by Crippen LogP contribution is 2.44. The molecule has 3 fully saturated rings. The molecule has 0 bridgehead atoms. The van der Waals surface area contributed by atoms with Crippen molar-refractivity contribution in [2.24, 2.45) is 17.3 Å². The van der Waals surface area contributed by atoms with E-state index in [4.69, 9.17) is 9.47 Å². The van der Waals surface area contributed by atoms with Gasteiger partial charge < -0.3 is 20.1 Å². The molecule has 2 aliphatic heterocycles. The van der Waals surface area contributed by atoms with Crippen LogP contribution in [0.4, 0.5) is 0 Å². The minimum Gasteiger partial charge on any atom is -0.459 e. The molecule has 0 atom stereocenters. The molecular formula is C26H46N2O4. The maximum absolute atomic E-state index is 13.1. The van der Waals surface area contributed by atoms with E-state index in [2.05, 4.69) is 10.6 Å². The van der Waals surface area contributed by atoms with Crippen LogP contribution in [0.3, 0.4) is 0 Å². The largest absolute Gasteiger partial charge is 0.459 e. The van der Waals surface area contributed by atoms with Crippen LogP contribution in [0.5, 0.6) is 0 Å². The van der Waals surface area contributed by atoms with E-state index in [1.165, 1.54) is 6.42 Å². The number of hydrogen-bond acceptors (Lipinski definition) is 6. The highest BCUT2D eigenvalue weighted by Gasteiger charge is 2.42. The summed E-state index contributed by atoms with van der Waals surface area (Å²) in [5.41, 5.74) is -1.25. The lowest BCUT2D eigenvalue weighted by Crippen LogP contribution is -2.44. The minimum atomic E-state index is -0.466. The fourth-order valence-electron chi connectivity index (χ4n) is 6.19. The van der Waals surface area contributed by atoms with Gasteiger partial charge in [0.05, 0.1) is 12.8 Å². The number of piperidine rings is 2. The van der Waals surface area contributed by atoms with Crippen LogP contribution < -0.4 is 10.6 Å². The van der Waals surface area contributed by atoms with Gasteiger partial charge in [0, 0.05) is 11.8 Å². The van der Waals surface area contributed by atoms with Gasteiger partial charge in [-0.2, -0.15) is 0 Å². The van der Waals surface area contributed by atoms with Gasteiger partial charge in [-0.1, -0.05) is 19.3 Å². The number of ether oxygens (including phenoxy) is 2. The van der Waals surface area contributed by atoms with Crippen LogP contribution in [0.25, 0.3) is 0 Å². The minimum absolute atomic E-state index is 0.152. The van der Waals surface area contributed by atoms with E-state index in [-0.39, 0.29) is 17.4 Å². The average molecular weight is 451 g/mol.